The van der Waals surface area contributed by atoms with E-state index in [0.717, 1.165) is 0 Å². The molecule has 3 N–H and O–H groups in total. The zero-order valence-electron chi connectivity index (χ0n) is 9.85. The number of hydrogen-bond acceptors (Lipinski definition) is 5. The number of carbonyl (C=O) groups excluding carboxylic acids is 1. The standard InChI is InChI=1S/C10H17N5O2/c1-15-9(12-7-13-15)14-8(16)10(6-11)2-4-17-5-3-10/h7H,2-6,11H2,1H3,(H,12,13,14,16). The van der Waals surface area contributed by atoms with Gasteiger partial charge in [-0.2, -0.15) is 10.1 Å². The molecule has 17 heavy (non-hydrogen) atoms. The largest absolute Gasteiger partial charge is 0.381 e. The lowest BCUT2D eigenvalue weighted by Gasteiger charge is -2.34. The number of nitrogens with zero attached hydrogens (tertiary/aromatic N) is 3. The Morgan fingerprint density at radius 1 is 1.65 bits per heavy atom. The van der Waals surface area contributed by atoms with Crippen LogP contribution in [0.15, 0.2) is 6.33 Å². The molecule has 7 heteroatoms. The quantitative estimate of drug-likeness (QED) is 0.742. The lowest BCUT2D eigenvalue weighted by Crippen LogP contribution is -2.46. The van der Waals surface area contributed by atoms with Crippen molar-refractivity contribution in [1.82, 2.24) is 14.8 Å². The van der Waals surface area contributed by atoms with E-state index in [-0.39, 0.29) is 5.91 Å². The van der Waals surface area contributed by atoms with Crippen molar-refractivity contribution in [2.24, 2.45) is 18.2 Å². The molecule has 1 saturated heterocycles. The Labute approximate surface area is 99.3 Å². The summed E-state index contributed by atoms with van der Waals surface area (Å²) in [5.41, 5.74) is 5.21. The molecule has 1 aromatic rings. The topological polar surface area (TPSA) is 95.1 Å². The lowest BCUT2D eigenvalue weighted by molar-refractivity contribution is -0.130. The molecule has 1 fully saturated rings. The van der Waals surface area contributed by atoms with E-state index in [9.17, 15) is 4.79 Å². The number of nitrogens with one attached hydrogen (secondary N) is 1. The Bertz CT molecular complexity index is 397. The van der Waals surface area contributed by atoms with Crippen molar-refractivity contribution in [3.8, 4) is 0 Å². The van der Waals surface area contributed by atoms with Crippen LogP contribution < -0.4 is 11.1 Å². The first-order valence-electron chi connectivity index (χ1n) is 5.61. The Morgan fingerprint density at radius 2 is 2.35 bits per heavy atom. The third kappa shape index (κ3) is 2.29. The van der Waals surface area contributed by atoms with Crippen LogP contribution in [0, 0.1) is 5.41 Å². The summed E-state index contributed by atoms with van der Waals surface area (Å²) in [6.07, 6.45) is 2.69. The lowest BCUT2D eigenvalue weighted by atomic mass is 9.79. The highest BCUT2D eigenvalue weighted by molar-refractivity contribution is 5.94. The summed E-state index contributed by atoms with van der Waals surface area (Å²) in [7, 11) is 1.72. The van der Waals surface area contributed by atoms with Gasteiger partial charge in [0.1, 0.15) is 6.33 Å². The normalized spacial score (nSPS) is 18.9. The minimum absolute atomic E-state index is 0.0978. The van der Waals surface area contributed by atoms with Crippen LogP contribution in [0.1, 0.15) is 12.8 Å². The second-order valence-corrected chi connectivity index (χ2v) is 4.26. The van der Waals surface area contributed by atoms with Gasteiger partial charge in [0.05, 0.1) is 5.41 Å². The van der Waals surface area contributed by atoms with Crippen LogP contribution in [0.3, 0.4) is 0 Å². The van der Waals surface area contributed by atoms with Crippen LogP contribution in [-0.2, 0) is 16.6 Å². The minimum atomic E-state index is -0.537. The van der Waals surface area contributed by atoms with Crippen LogP contribution in [0.5, 0.6) is 0 Å². The second kappa shape index (κ2) is 4.80. The van der Waals surface area contributed by atoms with Crippen molar-refractivity contribution < 1.29 is 9.53 Å². The zero-order chi connectivity index (χ0) is 12.3. The van der Waals surface area contributed by atoms with E-state index in [4.69, 9.17) is 10.5 Å². The van der Waals surface area contributed by atoms with Crippen molar-refractivity contribution in [2.75, 3.05) is 25.1 Å². The predicted molar refractivity (Wildman–Crippen MR) is 61.2 cm³/mol. The summed E-state index contributed by atoms with van der Waals surface area (Å²) in [6.45, 7) is 1.47. The zero-order valence-corrected chi connectivity index (χ0v) is 9.85. The van der Waals surface area contributed by atoms with Gasteiger partial charge in [-0.05, 0) is 12.8 Å². The predicted octanol–water partition coefficient (Wildman–Crippen LogP) is -0.491. The molecule has 1 amide bonds. The van der Waals surface area contributed by atoms with Crippen LogP contribution >= 0.6 is 0 Å². The summed E-state index contributed by atoms with van der Waals surface area (Å²) in [6, 6.07) is 0. The molecular formula is C10H17N5O2. The van der Waals surface area contributed by atoms with Crippen LogP contribution in [0.4, 0.5) is 5.95 Å². The smallest absolute Gasteiger partial charge is 0.234 e. The number of nitrogens with two attached hydrogens (primary N) is 1. The SMILES string of the molecule is Cn1ncnc1NC(=O)C1(CN)CCOCC1. The molecule has 0 aromatic carbocycles. The highest BCUT2D eigenvalue weighted by atomic mass is 16.5. The van der Waals surface area contributed by atoms with E-state index in [1.54, 1.807) is 7.05 Å². The van der Waals surface area contributed by atoms with Gasteiger partial charge >= 0.3 is 0 Å². The summed E-state index contributed by atoms with van der Waals surface area (Å²) < 4.78 is 6.78. The average Bonchev–Trinajstić information content (AvgIpc) is 2.76. The van der Waals surface area contributed by atoms with Crippen molar-refractivity contribution in [1.29, 1.82) is 0 Å². The van der Waals surface area contributed by atoms with Gasteiger partial charge in [0.15, 0.2) is 0 Å². The highest BCUT2D eigenvalue weighted by Crippen LogP contribution is 2.30. The van der Waals surface area contributed by atoms with Crippen molar-refractivity contribution in [3.05, 3.63) is 6.33 Å². The third-order valence-electron chi connectivity index (χ3n) is 3.26. The summed E-state index contributed by atoms with van der Waals surface area (Å²) in [4.78, 5) is 16.2. The van der Waals surface area contributed by atoms with Crippen LogP contribution in [0.25, 0.3) is 0 Å². The maximum atomic E-state index is 12.2. The molecule has 0 radical (unpaired) electrons. The van der Waals surface area contributed by atoms with Crippen LogP contribution in [0.2, 0.25) is 0 Å². The molecule has 0 bridgehead atoms. The molecular weight excluding hydrogens is 222 g/mol. The number of ether oxygens (including phenoxy) is 1. The maximum Gasteiger partial charge on any atom is 0.234 e. The molecule has 1 aliphatic heterocycles. The number of amides is 1. The molecule has 0 saturated carbocycles. The van der Waals surface area contributed by atoms with E-state index < -0.39 is 5.41 Å². The molecule has 0 atom stereocenters. The first-order valence-corrected chi connectivity index (χ1v) is 5.61. The first-order chi connectivity index (χ1) is 8.18. The summed E-state index contributed by atoms with van der Waals surface area (Å²) >= 11 is 0. The minimum Gasteiger partial charge on any atom is -0.381 e. The van der Waals surface area contributed by atoms with E-state index in [1.807, 2.05) is 0 Å². The van der Waals surface area contributed by atoms with Crippen molar-refractivity contribution in [2.45, 2.75) is 12.8 Å². The maximum absolute atomic E-state index is 12.2. The molecule has 1 aromatic heterocycles. The van der Waals surface area contributed by atoms with Crippen LogP contribution in [-0.4, -0.2) is 40.4 Å². The third-order valence-corrected chi connectivity index (χ3v) is 3.26. The monoisotopic (exact) mass is 239 g/mol. The molecule has 2 heterocycles. The molecule has 0 unspecified atom stereocenters. The fraction of sp³-hybridized carbons (Fsp3) is 0.700. The Balaban J connectivity index is 2.10. The molecule has 0 spiro atoms. The van der Waals surface area contributed by atoms with Crippen molar-refractivity contribution >= 4 is 11.9 Å². The number of hydrogen-bond donors (Lipinski definition) is 2. The van der Waals surface area contributed by atoms with Crippen molar-refractivity contribution in [3.63, 3.8) is 0 Å². The van der Waals surface area contributed by atoms with Gasteiger partial charge in [-0.1, -0.05) is 0 Å². The molecule has 0 aliphatic carbocycles. The van der Waals surface area contributed by atoms with Gasteiger partial charge in [0.25, 0.3) is 0 Å². The van der Waals surface area contributed by atoms with E-state index >= 15 is 0 Å². The van der Waals surface area contributed by atoms with Gasteiger partial charge in [0.2, 0.25) is 11.9 Å². The second-order valence-electron chi connectivity index (χ2n) is 4.26. The highest BCUT2D eigenvalue weighted by Gasteiger charge is 2.39. The number of aryl methyl sites for hydroxylation is 1. The van der Waals surface area contributed by atoms with Gasteiger partial charge in [-0.25, -0.2) is 4.68 Å². The number of carbonyl (C=O) groups is 1. The summed E-state index contributed by atoms with van der Waals surface area (Å²) in [5, 5.41) is 6.66. The number of rotatable bonds is 3. The van der Waals surface area contributed by atoms with Gasteiger partial charge in [-0.3, -0.25) is 10.1 Å². The summed E-state index contributed by atoms with van der Waals surface area (Å²) in [5.74, 6) is 0.341. The van der Waals surface area contributed by atoms with E-state index in [2.05, 4.69) is 15.4 Å². The molecule has 2 rings (SSSR count). The molecule has 1 aliphatic rings. The molecule has 7 nitrogen and oxygen atoms in total. The van der Waals surface area contributed by atoms with Gasteiger partial charge < -0.3 is 10.5 Å². The first kappa shape index (κ1) is 12.0. The van der Waals surface area contributed by atoms with E-state index in [1.165, 1.54) is 11.0 Å². The molecule has 94 valence electrons. The van der Waals surface area contributed by atoms with Gasteiger partial charge in [0, 0.05) is 26.8 Å². The Morgan fingerprint density at radius 3 is 2.88 bits per heavy atom. The fourth-order valence-corrected chi connectivity index (χ4v) is 1.93. The Kier molecular flexibility index (Phi) is 3.39. The van der Waals surface area contributed by atoms with Gasteiger partial charge in [-0.15, -0.1) is 0 Å². The number of anilines is 1. The fourth-order valence-electron chi connectivity index (χ4n) is 1.93. The van der Waals surface area contributed by atoms with E-state index in [0.29, 0.717) is 38.5 Å². The number of aromatic nitrogens is 3. The average molecular weight is 239 g/mol. The Hall–Kier alpha value is -1.47.